The lowest BCUT2D eigenvalue weighted by molar-refractivity contribution is -0.401. The first kappa shape index (κ1) is 20.9. The molecule has 0 aliphatic carbocycles. The van der Waals surface area contributed by atoms with Crippen LogP contribution in [0.1, 0.15) is 37.8 Å². The summed E-state index contributed by atoms with van der Waals surface area (Å²) >= 11 is 0. The number of fused-ring (bicyclic) bond motifs is 6. The summed E-state index contributed by atoms with van der Waals surface area (Å²) in [5.74, 6) is 0.358. The lowest BCUT2D eigenvalue weighted by Gasteiger charge is -2.18. The fourth-order valence-electron chi connectivity index (χ4n) is 6.30. The molecule has 4 aromatic rings. The van der Waals surface area contributed by atoms with Crippen molar-refractivity contribution in [2.45, 2.75) is 32.1 Å². The van der Waals surface area contributed by atoms with E-state index < -0.39 is 0 Å². The van der Waals surface area contributed by atoms with E-state index in [2.05, 4.69) is 135 Å². The molecule has 0 spiro atoms. The Morgan fingerprint density at radius 1 is 0.853 bits per heavy atom. The molecule has 0 radical (unpaired) electrons. The monoisotopic (exact) mass is 443 g/mol. The van der Waals surface area contributed by atoms with Gasteiger partial charge in [-0.2, -0.15) is 4.58 Å². The van der Waals surface area contributed by atoms with Crippen LogP contribution < -0.4 is 4.90 Å². The molecule has 0 saturated heterocycles. The summed E-state index contributed by atoms with van der Waals surface area (Å²) in [6, 6.07) is 26.5. The van der Waals surface area contributed by atoms with Gasteiger partial charge in [-0.15, -0.1) is 0 Å². The Morgan fingerprint density at radius 3 is 2.26 bits per heavy atom. The third-order valence-corrected chi connectivity index (χ3v) is 7.99. The van der Waals surface area contributed by atoms with E-state index in [4.69, 9.17) is 0 Å². The summed E-state index contributed by atoms with van der Waals surface area (Å²) in [6.45, 7) is 7.02. The number of rotatable bonds is 2. The van der Waals surface area contributed by atoms with Gasteiger partial charge in [0.15, 0.2) is 5.71 Å². The molecule has 0 aromatic heterocycles. The highest BCUT2D eigenvalue weighted by molar-refractivity contribution is 6.07. The third-order valence-electron chi connectivity index (χ3n) is 7.99. The maximum atomic E-state index is 2.36. The fraction of sp³-hybridized carbons (Fsp3) is 0.219. The van der Waals surface area contributed by atoms with E-state index in [0.29, 0.717) is 5.92 Å². The minimum absolute atomic E-state index is 0.0632. The van der Waals surface area contributed by atoms with Gasteiger partial charge in [0, 0.05) is 42.1 Å². The first-order valence-corrected chi connectivity index (χ1v) is 12.2. The molecule has 1 atom stereocenters. The topological polar surface area (TPSA) is 6.25 Å². The van der Waals surface area contributed by atoms with Gasteiger partial charge in [0.05, 0.1) is 5.41 Å². The maximum Gasteiger partial charge on any atom is 0.210 e. The van der Waals surface area contributed by atoms with Crippen LogP contribution in [0.15, 0.2) is 96.7 Å². The summed E-state index contributed by atoms with van der Waals surface area (Å²) in [7, 11) is 4.39. The van der Waals surface area contributed by atoms with Gasteiger partial charge in [-0.3, -0.25) is 0 Å². The van der Waals surface area contributed by atoms with Crippen molar-refractivity contribution in [3.05, 3.63) is 108 Å². The van der Waals surface area contributed by atoms with Gasteiger partial charge < -0.3 is 4.90 Å². The molecule has 6 rings (SSSR count). The highest BCUT2D eigenvalue weighted by Gasteiger charge is 2.44. The van der Waals surface area contributed by atoms with E-state index in [9.17, 15) is 0 Å². The van der Waals surface area contributed by atoms with Crippen molar-refractivity contribution in [2.24, 2.45) is 0 Å². The van der Waals surface area contributed by atoms with Crippen molar-refractivity contribution in [1.82, 2.24) is 0 Å². The van der Waals surface area contributed by atoms with Crippen LogP contribution in [0.2, 0.25) is 0 Å². The van der Waals surface area contributed by atoms with Gasteiger partial charge >= 0.3 is 0 Å². The van der Waals surface area contributed by atoms with Gasteiger partial charge in [-0.1, -0.05) is 67.6 Å². The van der Waals surface area contributed by atoms with Crippen LogP contribution in [0.4, 0.5) is 11.4 Å². The smallest absolute Gasteiger partial charge is 0.210 e. The zero-order chi connectivity index (χ0) is 23.6. The van der Waals surface area contributed by atoms with Crippen LogP contribution >= 0.6 is 0 Å². The molecule has 34 heavy (non-hydrogen) atoms. The Labute approximate surface area is 202 Å². The van der Waals surface area contributed by atoms with Gasteiger partial charge in [-0.05, 0) is 59.2 Å². The van der Waals surface area contributed by atoms with E-state index >= 15 is 0 Å². The quantitative estimate of drug-likeness (QED) is 0.288. The SMILES string of the molecule is CC1C(=CC=CC2=[N+](C)c3ccc4ccccc4c3C2(C)C)N(C)c2ccc3ccccc3c21. The lowest BCUT2D eigenvalue weighted by Crippen LogP contribution is -2.26. The predicted octanol–water partition coefficient (Wildman–Crippen LogP) is 7.69. The minimum Gasteiger partial charge on any atom is -0.347 e. The van der Waals surface area contributed by atoms with Crippen molar-refractivity contribution >= 4 is 38.6 Å². The molecule has 168 valence electrons. The van der Waals surface area contributed by atoms with E-state index in [1.54, 1.807) is 0 Å². The maximum absolute atomic E-state index is 2.36. The van der Waals surface area contributed by atoms with Crippen molar-refractivity contribution < 1.29 is 4.58 Å². The van der Waals surface area contributed by atoms with Gasteiger partial charge in [0.25, 0.3) is 0 Å². The van der Waals surface area contributed by atoms with E-state index in [0.717, 1.165) is 0 Å². The van der Waals surface area contributed by atoms with Gasteiger partial charge in [0.1, 0.15) is 7.05 Å². The highest BCUT2D eigenvalue weighted by atomic mass is 15.1. The molecule has 0 fully saturated rings. The Bertz CT molecular complexity index is 1570. The summed E-state index contributed by atoms with van der Waals surface area (Å²) in [4.78, 5) is 2.35. The molecule has 0 amide bonds. The van der Waals surface area contributed by atoms with E-state index in [1.807, 2.05) is 0 Å². The van der Waals surface area contributed by atoms with Crippen molar-refractivity contribution in [3.63, 3.8) is 0 Å². The average molecular weight is 444 g/mol. The van der Waals surface area contributed by atoms with Crippen molar-refractivity contribution in [1.29, 1.82) is 0 Å². The minimum atomic E-state index is -0.0632. The molecule has 2 heteroatoms. The molecule has 1 unspecified atom stereocenters. The average Bonchev–Trinajstić information content (AvgIpc) is 3.21. The Hall–Kier alpha value is -3.65. The van der Waals surface area contributed by atoms with E-state index in [1.165, 1.54) is 55.5 Å². The van der Waals surface area contributed by atoms with Crippen LogP contribution in [0.25, 0.3) is 21.5 Å². The number of allylic oxidation sites excluding steroid dienone is 4. The number of nitrogens with zero attached hydrogens (tertiary/aromatic N) is 2. The molecule has 2 heterocycles. The van der Waals surface area contributed by atoms with Crippen LogP contribution in [-0.4, -0.2) is 24.4 Å². The Balaban J connectivity index is 1.39. The van der Waals surface area contributed by atoms with Crippen LogP contribution in [0, 0.1) is 0 Å². The second-order valence-corrected chi connectivity index (χ2v) is 10.2. The normalized spacial score (nSPS) is 20.2. The standard InChI is InChI=1S/C32H31N2/c1-21-26(33(4)27-19-17-22-11-6-8-13-24(22)30(21)27)15-10-16-29-32(2,3)31-25-14-9-7-12-23(25)18-20-28(31)34(29)5/h6-21H,1-5H3/q+1. The predicted molar refractivity (Wildman–Crippen MR) is 146 cm³/mol. The fourth-order valence-corrected chi connectivity index (χ4v) is 6.30. The molecule has 2 nitrogen and oxygen atoms in total. The molecule has 0 saturated carbocycles. The number of benzene rings is 4. The van der Waals surface area contributed by atoms with Crippen LogP contribution in [0.5, 0.6) is 0 Å². The van der Waals surface area contributed by atoms with Crippen LogP contribution in [0.3, 0.4) is 0 Å². The zero-order valence-corrected chi connectivity index (χ0v) is 20.6. The molecule has 2 aliphatic heterocycles. The Morgan fingerprint density at radius 2 is 1.50 bits per heavy atom. The van der Waals surface area contributed by atoms with Gasteiger partial charge in [-0.25, -0.2) is 0 Å². The third kappa shape index (κ3) is 2.84. The van der Waals surface area contributed by atoms with Gasteiger partial charge in [0.2, 0.25) is 5.69 Å². The summed E-state index contributed by atoms with van der Waals surface area (Å²) in [6.07, 6.45) is 6.86. The summed E-state index contributed by atoms with van der Waals surface area (Å²) in [5.41, 5.74) is 8.08. The number of anilines is 1. The van der Waals surface area contributed by atoms with Crippen molar-refractivity contribution in [2.75, 3.05) is 19.0 Å². The Kier molecular flexibility index (Phi) is 4.57. The number of hydrogen-bond acceptors (Lipinski definition) is 1. The molecule has 0 N–H and O–H groups in total. The second kappa shape index (κ2) is 7.43. The highest BCUT2D eigenvalue weighted by Crippen LogP contribution is 2.46. The van der Waals surface area contributed by atoms with Crippen molar-refractivity contribution in [3.8, 4) is 0 Å². The molecule has 2 aliphatic rings. The van der Waals surface area contributed by atoms with Crippen LogP contribution in [-0.2, 0) is 5.41 Å². The number of likely N-dealkylation sites (N-methyl/N-ethyl adjacent to an activating group) is 1. The molecular weight excluding hydrogens is 412 g/mol. The summed E-state index contributed by atoms with van der Waals surface area (Å²) < 4.78 is 2.36. The zero-order valence-electron chi connectivity index (χ0n) is 20.6. The number of hydrogen-bond donors (Lipinski definition) is 0. The van der Waals surface area contributed by atoms with E-state index in [-0.39, 0.29) is 5.41 Å². The first-order chi connectivity index (χ1) is 16.4. The first-order valence-electron chi connectivity index (χ1n) is 12.2. The second-order valence-electron chi connectivity index (χ2n) is 10.2. The molecule has 4 aromatic carbocycles. The molecular formula is C32H31N2+. The summed E-state index contributed by atoms with van der Waals surface area (Å²) in [5, 5.41) is 5.33. The molecule has 0 bridgehead atoms. The largest absolute Gasteiger partial charge is 0.347 e. The lowest BCUT2D eigenvalue weighted by atomic mass is 9.79.